The molecule has 0 aliphatic heterocycles. The van der Waals surface area contributed by atoms with Crippen molar-refractivity contribution in [3.05, 3.63) is 29.8 Å². The molecule has 0 unspecified atom stereocenters. The standard InChI is InChI=1S/C12H14N2O3S/c13-7-10-2-1-3-11(6-10)18(16,17)14-8-12(9-15)4-5-12/h1-3,6,14-15H,4-5,8-9H2. The van der Waals surface area contributed by atoms with Crippen LogP contribution < -0.4 is 4.72 Å². The summed E-state index contributed by atoms with van der Waals surface area (Å²) in [7, 11) is -3.61. The SMILES string of the molecule is N#Cc1cccc(S(=O)(=O)NCC2(CO)CC2)c1. The first-order valence-electron chi connectivity index (χ1n) is 5.62. The van der Waals surface area contributed by atoms with E-state index >= 15 is 0 Å². The van der Waals surface area contributed by atoms with E-state index in [1.54, 1.807) is 6.07 Å². The highest BCUT2D eigenvalue weighted by Crippen LogP contribution is 2.44. The number of rotatable bonds is 5. The van der Waals surface area contributed by atoms with Gasteiger partial charge < -0.3 is 5.11 Å². The minimum Gasteiger partial charge on any atom is -0.396 e. The fourth-order valence-corrected chi connectivity index (χ4v) is 2.83. The second-order valence-corrected chi connectivity index (χ2v) is 6.39. The molecule has 1 saturated carbocycles. The Labute approximate surface area is 106 Å². The summed E-state index contributed by atoms with van der Waals surface area (Å²) in [6.45, 7) is 0.233. The second-order valence-electron chi connectivity index (χ2n) is 4.62. The highest BCUT2D eigenvalue weighted by atomic mass is 32.2. The summed E-state index contributed by atoms with van der Waals surface area (Å²) in [5.41, 5.74) is 0.0288. The molecule has 18 heavy (non-hydrogen) atoms. The Morgan fingerprint density at radius 2 is 2.17 bits per heavy atom. The minimum atomic E-state index is -3.61. The summed E-state index contributed by atoms with van der Waals surface area (Å²) in [5.74, 6) is 0. The predicted octanol–water partition coefficient (Wildman–Crippen LogP) is 0.609. The van der Waals surface area contributed by atoms with Crippen molar-refractivity contribution in [3.8, 4) is 6.07 Å². The molecule has 6 heteroatoms. The van der Waals surface area contributed by atoms with Crippen molar-refractivity contribution in [2.45, 2.75) is 17.7 Å². The predicted molar refractivity (Wildman–Crippen MR) is 65.1 cm³/mol. The number of hydrogen-bond donors (Lipinski definition) is 2. The molecule has 0 amide bonds. The summed E-state index contributed by atoms with van der Waals surface area (Å²) in [6, 6.07) is 7.77. The zero-order valence-electron chi connectivity index (χ0n) is 9.76. The monoisotopic (exact) mass is 266 g/mol. The molecule has 5 nitrogen and oxygen atoms in total. The average molecular weight is 266 g/mol. The molecule has 0 heterocycles. The van der Waals surface area contributed by atoms with E-state index in [2.05, 4.69) is 4.72 Å². The Hall–Kier alpha value is -1.42. The number of nitriles is 1. The maximum absolute atomic E-state index is 12.0. The van der Waals surface area contributed by atoms with E-state index in [4.69, 9.17) is 10.4 Å². The van der Waals surface area contributed by atoms with Crippen LogP contribution in [0.25, 0.3) is 0 Å². The van der Waals surface area contributed by atoms with Gasteiger partial charge in [-0.1, -0.05) is 6.07 Å². The Morgan fingerprint density at radius 1 is 1.44 bits per heavy atom. The van der Waals surface area contributed by atoms with E-state index in [1.807, 2.05) is 6.07 Å². The number of nitrogens with one attached hydrogen (secondary N) is 1. The molecule has 0 saturated heterocycles. The van der Waals surface area contributed by atoms with Crippen LogP contribution in [0, 0.1) is 16.7 Å². The maximum Gasteiger partial charge on any atom is 0.240 e. The van der Waals surface area contributed by atoms with Crippen molar-refractivity contribution in [2.24, 2.45) is 5.41 Å². The van der Waals surface area contributed by atoms with Gasteiger partial charge in [0.1, 0.15) is 0 Å². The van der Waals surface area contributed by atoms with Crippen LogP contribution in [0.2, 0.25) is 0 Å². The number of aliphatic hydroxyl groups excluding tert-OH is 1. The van der Waals surface area contributed by atoms with E-state index in [0.29, 0.717) is 5.56 Å². The van der Waals surface area contributed by atoms with Gasteiger partial charge in [0.05, 0.1) is 16.5 Å². The van der Waals surface area contributed by atoms with Crippen molar-refractivity contribution >= 4 is 10.0 Å². The van der Waals surface area contributed by atoms with E-state index in [0.717, 1.165) is 12.8 Å². The molecule has 2 rings (SSSR count). The van der Waals surface area contributed by atoms with Crippen LogP contribution in [0.3, 0.4) is 0 Å². The van der Waals surface area contributed by atoms with Crippen molar-refractivity contribution < 1.29 is 13.5 Å². The number of sulfonamides is 1. The second kappa shape index (κ2) is 4.69. The summed E-state index contributed by atoms with van der Waals surface area (Å²) in [4.78, 5) is 0.0790. The topological polar surface area (TPSA) is 90.2 Å². The largest absolute Gasteiger partial charge is 0.396 e. The van der Waals surface area contributed by atoms with E-state index in [9.17, 15) is 8.42 Å². The van der Waals surface area contributed by atoms with Gasteiger partial charge in [-0.05, 0) is 31.0 Å². The Balaban J connectivity index is 2.13. The van der Waals surface area contributed by atoms with Crippen molar-refractivity contribution in [3.63, 3.8) is 0 Å². The molecule has 1 aliphatic rings. The first-order valence-corrected chi connectivity index (χ1v) is 7.10. The first-order chi connectivity index (χ1) is 8.51. The lowest BCUT2D eigenvalue weighted by atomic mass is 10.1. The fourth-order valence-electron chi connectivity index (χ4n) is 1.63. The third-order valence-electron chi connectivity index (χ3n) is 3.20. The zero-order chi connectivity index (χ0) is 13.2. The van der Waals surface area contributed by atoms with Crippen molar-refractivity contribution in [1.29, 1.82) is 5.26 Å². The molecular weight excluding hydrogens is 252 g/mol. The first kappa shape index (κ1) is 13.0. The fraction of sp³-hybridized carbons (Fsp3) is 0.417. The van der Waals surface area contributed by atoms with Gasteiger partial charge in [0.2, 0.25) is 10.0 Å². The van der Waals surface area contributed by atoms with E-state index < -0.39 is 10.0 Å². The Kier molecular flexibility index (Phi) is 3.39. The van der Waals surface area contributed by atoms with Gasteiger partial charge >= 0.3 is 0 Å². The Bertz CT molecular complexity index is 586. The van der Waals surface area contributed by atoms with Crippen LogP contribution in [-0.2, 0) is 10.0 Å². The molecule has 1 aromatic carbocycles. The molecule has 0 spiro atoms. The number of benzene rings is 1. The van der Waals surface area contributed by atoms with Gasteiger partial charge in [-0.3, -0.25) is 0 Å². The number of nitrogens with zero attached hydrogens (tertiary/aromatic N) is 1. The maximum atomic E-state index is 12.0. The van der Waals surface area contributed by atoms with Crippen LogP contribution in [0.5, 0.6) is 0 Å². The summed E-state index contributed by atoms with van der Waals surface area (Å²) >= 11 is 0. The molecule has 0 bridgehead atoms. The molecular formula is C12H14N2O3S. The average Bonchev–Trinajstić information content (AvgIpc) is 3.17. The lowest BCUT2D eigenvalue weighted by Gasteiger charge is -2.13. The summed E-state index contributed by atoms with van der Waals surface area (Å²) in [6.07, 6.45) is 1.68. The minimum absolute atomic E-state index is 0.00620. The summed E-state index contributed by atoms with van der Waals surface area (Å²) in [5, 5.41) is 17.9. The lowest BCUT2D eigenvalue weighted by molar-refractivity contribution is 0.213. The van der Waals surface area contributed by atoms with E-state index in [1.165, 1.54) is 18.2 Å². The third-order valence-corrected chi connectivity index (χ3v) is 4.60. The van der Waals surface area contributed by atoms with Gasteiger partial charge in [0.25, 0.3) is 0 Å². The normalized spacial score (nSPS) is 17.1. The molecule has 0 radical (unpaired) electrons. The highest BCUT2D eigenvalue weighted by Gasteiger charge is 2.42. The quantitative estimate of drug-likeness (QED) is 0.817. The van der Waals surface area contributed by atoms with Gasteiger partial charge in [-0.15, -0.1) is 0 Å². The Morgan fingerprint density at radius 3 is 2.72 bits per heavy atom. The zero-order valence-corrected chi connectivity index (χ0v) is 10.6. The van der Waals surface area contributed by atoms with Gasteiger partial charge in [0.15, 0.2) is 0 Å². The van der Waals surface area contributed by atoms with Crippen LogP contribution in [0.4, 0.5) is 0 Å². The summed E-state index contributed by atoms with van der Waals surface area (Å²) < 4.78 is 26.5. The molecule has 1 aliphatic carbocycles. The smallest absolute Gasteiger partial charge is 0.240 e. The van der Waals surface area contributed by atoms with Crippen LogP contribution in [0.1, 0.15) is 18.4 Å². The van der Waals surface area contributed by atoms with Crippen molar-refractivity contribution in [1.82, 2.24) is 4.72 Å². The van der Waals surface area contributed by atoms with E-state index in [-0.39, 0.29) is 23.5 Å². The molecule has 0 aromatic heterocycles. The van der Waals surface area contributed by atoms with Gasteiger partial charge in [0, 0.05) is 18.6 Å². The highest BCUT2D eigenvalue weighted by molar-refractivity contribution is 7.89. The van der Waals surface area contributed by atoms with Gasteiger partial charge in [-0.25, -0.2) is 13.1 Å². The third kappa shape index (κ3) is 2.70. The molecule has 96 valence electrons. The molecule has 2 N–H and O–H groups in total. The molecule has 1 fully saturated rings. The molecule has 0 atom stereocenters. The number of hydrogen-bond acceptors (Lipinski definition) is 4. The van der Waals surface area contributed by atoms with Crippen molar-refractivity contribution in [2.75, 3.05) is 13.2 Å². The van der Waals surface area contributed by atoms with Crippen LogP contribution >= 0.6 is 0 Å². The van der Waals surface area contributed by atoms with Crippen LogP contribution in [0.15, 0.2) is 29.2 Å². The van der Waals surface area contributed by atoms with Crippen LogP contribution in [-0.4, -0.2) is 26.7 Å². The number of aliphatic hydroxyl groups is 1. The molecule has 1 aromatic rings. The lowest BCUT2D eigenvalue weighted by Crippen LogP contribution is -2.31. The van der Waals surface area contributed by atoms with Gasteiger partial charge in [-0.2, -0.15) is 5.26 Å².